The summed E-state index contributed by atoms with van der Waals surface area (Å²) in [6.07, 6.45) is 3.26. The van der Waals surface area contributed by atoms with E-state index in [1.54, 1.807) is 6.33 Å². The molecule has 2 heterocycles. The minimum atomic E-state index is -1.08. The van der Waals surface area contributed by atoms with Crippen molar-refractivity contribution < 1.29 is 14.7 Å². The number of aromatic nitrogens is 3. The van der Waals surface area contributed by atoms with Crippen LogP contribution in [-0.2, 0) is 17.9 Å². The van der Waals surface area contributed by atoms with Crippen molar-refractivity contribution in [2.45, 2.75) is 25.6 Å². The molecule has 0 fully saturated rings. The highest BCUT2D eigenvalue weighted by Crippen LogP contribution is 2.09. The zero-order valence-electron chi connectivity index (χ0n) is 10.3. The van der Waals surface area contributed by atoms with E-state index >= 15 is 0 Å². The summed E-state index contributed by atoms with van der Waals surface area (Å²) in [5, 5.41) is 19.1. The van der Waals surface area contributed by atoms with Crippen molar-refractivity contribution in [2.75, 3.05) is 6.54 Å². The molecule has 102 valence electrons. The van der Waals surface area contributed by atoms with Crippen molar-refractivity contribution in [1.29, 1.82) is 0 Å². The van der Waals surface area contributed by atoms with Crippen LogP contribution in [0, 0.1) is 0 Å². The highest BCUT2D eigenvalue weighted by atomic mass is 16.4. The number of carbonyl (C=O) groups is 2. The molecule has 0 bridgehead atoms. The van der Waals surface area contributed by atoms with E-state index in [2.05, 4.69) is 22.1 Å². The zero-order valence-corrected chi connectivity index (χ0v) is 10.3. The Bertz CT molecular complexity index is 498. The lowest BCUT2D eigenvalue weighted by molar-refractivity contribution is -0.139. The summed E-state index contributed by atoms with van der Waals surface area (Å²) in [6, 6.07) is -1.37. The second kappa shape index (κ2) is 5.51. The number of rotatable bonds is 4. The largest absolute Gasteiger partial charge is 0.480 e. The van der Waals surface area contributed by atoms with Gasteiger partial charge in [-0.05, 0) is 6.42 Å². The van der Waals surface area contributed by atoms with Crippen LogP contribution in [0.4, 0.5) is 4.79 Å². The molecule has 2 N–H and O–H groups in total. The maximum absolute atomic E-state index is 12.0. The van der Waals surface area contributed by atoms with Crippen molar-refractivity contribution in [3.05, 3.63) is 24.8 Å². The van der Waals surface area contributed by atoms with Gasteiger partial charge in [0.2, 0.25) is 0 Å². The molecule has 2 amide bonds. The molecule has 0 aromatic carbocycles. The number of fused-ring (bicyclic) bond motifs is 1. The van der Waals surface area contributed by atoms with Gasteiger partial charge in [0.25, 0.3) is 0 Å². The summed E-state index contributed by atoms with van der Waals surface area (Å²) in [6.45, 7) is 4.90. The number of urea groups is 1. The summed E-state index contributed by atoms with van der Waals surface area (Å²) in [4.78, 5) is 24.5. The third-order valence-electron chi connectivity index (χ3n) is 2.92. The second-order valence-corrected chi connectivity index (χ2v) is 4.23. The molecule has 1 aromatic rings. The SMILES string of the molecule is C=CCC(NC(=O)N1CCn2cnnc2C1)C(=O)O. The maximum atomic E-state index is 12.0. The number of carbonyl (C=O) groups excluding carboxylic acids is 1. The second-order valence-electron chi connectivity index (χ2n) is 4.23. The van der Waals surface area contributed by atoms with Crippen LogP contribution < -0.4 is 5.32 Å². The number of aliphatic carboxylic acids is 1. The third-order valence-corrected chi connectivity index (χ3v) is 2.92. The minimum Gasteiger partial charge on any atom is -0.480 e. The van der Waals surface area contributed by atoms with Crippen molar-refractivity contribution in [3.8, 4) is 0 Å². The van der Waals surface area contributed by atoms with Gasteiger partial charge in [-0.3, -0.25) is 0 Å². The summed E-state index contributed by atoms with van der Waals surface area (Å²) in [5.41, 5.74) is 0. The summed E-state index contributed by atoms with van der Waals surface area (Å²) < 4.78 is 1.86. The molecular weight excluding hydrogens is 250 g/mol. The van der Waals surface area contributed by atoms with Gasteiger partial charge in [-0.1, -0.05) is 6.08 Å². The van der Waals surface area contributed by atoms with Crippen LogP contribution in [0.5, 0.6) is 0 Å². The van der Waals surface area contributed by atoms with Gasteiger partial charge in [0.1, 0.15) is 12.4 Å². The van der Waals surface area contributed by atoms with E-state index in [0.717, 1.165) is 0 Å². The van der Waals surface area contributed by atoms with Crippen LogP contribution in [0.25, 0.3) is 0 Å². The monoisotopic (exact) mass is 265 g/mol. The fourth-order valence-corrected chi connectivity index (χ4v) is 1.87. The number of carboxylic acids is 1. The number of nitrogens with zero attached hydrogens (tertiary/aromatic N) is 4. The number of carboxylic acid groups (broad SMARTS) is 1. The van der Waals surface area contributed by atoms with E-state index in [1.165, 1.54) is 11.0 Å². The Morgan fingerprint density at radius 2 is 2.37 bits per heavy atom. The van der Waals surface area contributed by atoms with E-state index in [0.29, 0.717) is 25.5 Å². The lowest BCUT2D eigenvalue weighted by Gasteiger charge is -2.28. The summed E-state index contributed by atoms with van der Waals surface area (Å²) in [7, 11) is 0. The Labute approximate surface area is 109 Å². The third kappa shape index (κ3) is 2.90. The van der Waals surface area contributed by atoms with Crippen LogP contribution in [0.1, 0.15) is 12.2 Å². The minimum absolute atomic E-state index is 0.186. The highest BCUT2D eigenvalue weighted by Gasteiger charge is 2.25. The van der Waals surface area contributed by atoms with Crippen LogP contribution >= 0.6 is 0 Å². The Kier molecular flexibility index (Phi) is 3.79. The molecule has 0 spiro atoms. The number of hydrogen-bond acceptors (Lipinski definition) is 4. The van der Waals surface area contributed by atoms with Gasteiger partial charge in [-0.15, -0.1) is 16.8 Å². The molecule has 8 heteroatoms. The maximum Gasteiger partial charge on any atom is 0.326 e. The first-order chi connectivity index (χ1) is 9.11. The van der Waals surface area contributed by atoms with E-state index in [9.17, 15) is 9.59 Å². The zero-order chi connectivity index (χ0) is 13.8. The van der Waals surface area contributed by atoms with Crippen molar-refractivity contribution >= 4 is 12.0 Å². The Morgan fingerprint density at radius 1 is 1.58 bits per heavy atom. The van der Waals surface area contributed by atoms with Crippen molar-refractivity contribution in [2.24, 2.45) is 0 Å². The van der Waals surface area contributed by atoms with E-state index in [1.807, 2.05) is 4.57 Å². The molecule has 0 saturated carbocycles. The van der Waals surface area contributed by atoms with Gasteiger partial charge in [0, 0.05) is 13.1 Å². The molecule has 1 aromatic heterocycles. The standard InChI is InChI=1S/C11H15N5O3/c1-2-3-8(10(17)18)13-11(19)15-4-5-16-7-12-14-9(16)6-15/h2,7-8H,1,3-6H2,(H,13,19)(H,17,18). The van der Waals surface area contributed by atoms with E-state index in [-0.39, 0.29) is 6.42 Å². The molecule has 1 aliphatic heterocycles. The fraction of sp³-hybridized carbons (Fsp3) is 0.455. The average molecular weight is 265 g/mol. The normalized spacial score (nSPS) is 15.5. The molecule has 1 unspecified atom stereocenters. The van der Waals surface area contributed by atoms with Crippen molar-refractivity contribution in [3.63, 3.8) is 0 Å². The van der Waals surface area contributed by atoms with Gasteiger partial charge in [0.15, 0.2) is 5.82 Å². The first kappa shape index (κ1) is 13.1. The van der Waals surface area contributed by atoms with Gasteiger partial charge in [-0.2, -0.15) is 0 Å². The van der Waals surface area contributed by atoms with E-state index < -0.39 is 18.0 Å². The Morgan fingerprint density at radius 3 is 3.05 bits per heavy atom. The first-order valence-corrected chi connectivity index (χ1v) is 5.87. The van der Waals surface area contributed by atoms with Gasteiger partial charge in [-0.25, -0.2) is 9.59 Å². The van der Waals surface area contributed by atoms with Gasteiger partial charge < -0.3 is 19.9 Å². The van der Waals surface area contributed by atoms with Crippen LogP contribution in [0.2, 0.25) is 0 Å². The number of nitrogens with one attached hydrogen (secondary N) is 1. The highest BCUT2D eigenvalue weighted by molar-refractivity contribution is 5.82. The average Bonchev–Trinajstić information content (AvgIpc) is 2.85. The quantitative estimate of drug-likeness (QED) is 0.736. The molecule has 2 rings (SSSR count). The fourth-order valence-electron chi connectivity index (χ4n) is 1.87. The van der Waals surface area contributed by atoms with E-state index in [4.69, 9.17) is 5.11 Å². The predicted molar refractivity (Wildman–Crippen MR) is 65.2 cm³/mol. The summed E-state index contributed by atoms with van der Waals surface area (Å²) >= 11 is 0. The predicted octanol–water partition coefficient (Wildman–Crippen LogP) is -0.167. The molecular formula is C11H15N5O3. The molecule has 0 saturated heterocycles. The summed E-state index contributed by atoms with van der Waals surface area (Å²) in [5.74, 6) is -0.384. The lowest BCUT2D eigenvalue weighted by atomic mass is 10.2. The van der Waals surface area contributed by atoms with Gasteiger partial charge in [0.05, 0.1) is 6.54 Å². The molecule has 1 aliphatic rings. The molecule has 19 heavy (non-hydrogen) atoms. The Hall–Kier alpha value is -2.38. The molecule has 8 nitrogen and oxygen atoms in total. The molecule has 1 atom stereocenters. The lowest BCUT2D eigenvalue weighted by Crippen LogP contribution is -2.49. The van der Waals surface area contributed by atoms with Crippen molar-refractivity contribution in [1.82, 2.24) is 25.0 Å². The smallest absolute Gasteiger partial charge is 0.326 e. The van der Waals surface area contributed by atoms with Gasteiger partial charge >= 0.3 is 12.0 Å². The number of amides is 2. The first-order valence-electron chi connectivity index (χ1n) is 5.87. The topological polar surface area (TPSA) is 100 Å². The van der Waals surface area contributed by atoms with Crippen LogP contribution in [0.3, 0.4) is 0 Å². The molecule has 0 radical (unpaired) electrons. The Balaban J connectivity index is 1.97. The number of hydrogen-bond donors (Lipinski definition) is 2. The van der Waals surface area contributed by atoms with Crippen LogP contribution in [0.15, 0.2) is 19.0 Å². The molecule has 0 aliphatic carbocycles. The van der Waals surface area contributed by atoms with Crippen LogP contribution in [-0.4, -0.2) is 49.4 Å².